The summed E-state index contributed by atoms with van der Waals surface area (Å²) in [7, 11) is -2.01. The van der Waals surface area contributed by atoms with Gasteiger partial charge in [-0.3, -0.25) is 0 Å². The molecule has 0 radical (unpaired) electrons. The molecule has 0 spiro atoms. The molecule has 4 nitrogen and oxygen atoms in total. The van der Waals surface area contributed by atoms with Crippen LogP contribution in [0.4, 0.5) is 0 Å². The standard InChI is InChI=1S/C15H17NO3S/c1-12-10-14(8-9-15(12)17)20(18,19)16(2)11-13-6-4-3-5-7-13/h3-10,17H,11H2,1-2H3. The highest BCUT2D eigenvalue weighted by Gasteiger charge is 2.21. The summed E-state index contributed by atoms with van der Waals surface area (Å²) in [4.78, 5) is 0.186. The van der Waals surface area contributed by atoms with Crippen molar-refractivity contribution in [3.63, 3.8) is 0 Å². The Hall–Kier alpha value is -1.85. The number of nitrogens with zero attached hydrogens (tertiary/aromatic N) is 1. The van der Waals surface area contributed by atoms with Crippen molar-refractivity contribution >= 4 is 10.0 Å². The Balaban J connectivity index is 2.27. The van der Waals surface area contributed by atoms with Gasteiger partial charge >= 0.3 is 0 Å². The van der Waals surface area contributed by atoms with Crippen LogP contribution >= 0.6 is 0 Å². The van der Waals surface area contributed by atoms with Gasteiger partial charge in [-0.1, -0.05) is 30.3 Å². The van der Waals surface area contributed by atoms with Gasteiger partial charge in [-0.15, -0.1) is 0 Å². The van der Waals surface area contributed by atoms with Gasteiger partial charge in [-0.2, -0.15) is 4.31 Å². The number of aromatic hydroxyl groups is 1. The lowest BCUT2D eigenvalue weighted by Crippen LogP contribution is -2.26. The van der Waals surface area contributed by atoms with Gasteiger partial charge in [0.05, 0.1) is 4.90 Å². The van der Waals surface area contributed by atoms with Crippen LogP contribution in [0.3, 0.4) is 0 Å². The molecule has 2 aromatic carbocycles. The van der Waals surface area contributed by atoms with E-state index in [4.69, 9.17) is 0 Å². The zero-order valence-corrected chi connectivity index (χ0v) is 12.3. The summed E-state index contributed by atoms with van der Waals surface area (Å²) in [5.41, 5.74) is 1.47. The molecule has 0 fully saturated rings. The van der Waals surface area contributed by atoms with E-state index in [1.165, 1.54) is 22.5 Å². The third kappa shape index (κ3) is 3.00. The van der Waals surface area contributed by atoms with Crippen LogP contribution in [-0.4, -0.2) is 24.9 Å². The van der Waals surface area contributed by atoms with E-state index in [2.05, 4.69) is 0 Å². The largest absolute Gasteiger partial charge is 0.508 e. The third-order valence-corrected chi connectivity index (χ3v) is 4.92. The van der Waals surface area contributed by atoms with Crippen molar-refractivity contribution in [2.45, 2.75) is 18.4 Å². The third-order valence-electron chi connectivity index (χ3n) is 3.12. The quantitative estimate of drug-likeness (QED) is 0.941. The zero-order chi connectivity index (χ0) is 14.8. The number of sulfonamides is 1. The average molecular weight is 291 g/mol. The Morgan fingerprint density at radius 1 is 1.10 bits per heavy atom. The SMILES string of the molecule is Cc1cc(S(=O)(=O)N(C)Cc2ccccc2)ccc1O. The van der Waals surface area contributed by atoms with Crippen LogP contribution in [0.2, 0.25) is 0 Å². The van der Waals surface area contributed by atoms with E-state index < -0.39 is 10.0 Å². The molecule has 2 aromatic rings. The molecule has 0 aromatic heterocycles. The summed E-state index contributed by atoms with van der Waals surface area (Å²) in [6, 6.07) is 13.7. The summed E-state index contributed by atoms with van der Waals surface area (Å²) in [6.45, 7) is 1.98. The fourth-order valence-electron chi connectivity index (χ4n) is 1.89. The van der Waals surface area contributed by atoms with Gasteiger partial charge in [0.15, 0.2) is 0 Å². The first kappa shape index (κ1) is 14.6. The maximum atomic E-state index is 12.4. The second-order valence-electron chi connectivity index (χ2n) is 4.69. The van der Waals surface area contributed by atoms with Gasteiger partial charge in [0.1, 0.15) is 5.75 Å². The molecule has 0 saturated carbocycles. The summed E-state index contributed by atoms with van der Waals surface area (Å²) in [6.07, 6.45) is 0. The fraction of sp³-hybridized carbons (Fsp3) is 0.200. The minimum atomic E-state index is -3.55. The Kier molecular flexibility index (Phi) is 4.11. The second-order valence-corrected chi connectivity index (χ2v) is 6.74. The molecule has 0 aliphatic rings. The van der Waals surface area contributed by atoms with E-state index in [0.29, 0.717) is 12.1 Å². The molecular formula is C15H17NO3S. The minimum Gasteiger partial charge on any atom is -0.508 e. The van der Waals surface area contributed by atoms with E-state index in [1.54, 1.807) is 14.0 Å². The maximum Gasteiger partial charge on any atom is 0.243 e. The Bertz CT molecular complexity index is 696. The van der Waals surface area contributed by atoms with Crippen LogP contribution in [0.1, 0.15) is 11.1 Å². The molecule has 0 atom stereocenters. The zero-order valence-electron chi connectivity index (χ0n) is 11.4. The molecule has 0 aliphatic heterocycles. The van der Waals surface area contributed by atoms with Crippen molar-refractivity contribution in [1.82, 2.24) is 4.31 Å². The van der Waals surface area contributed by atoms with E-state index >= 15 is 0 Å². The number of rotatable bonds is 4. The number of aryl methyl sites for hydroxylation is 1. The lowest BCUT2D eigenvalue weighted by Gasteiger charge is -2.17. The van der Waals surface area contributed by atoms with Gasteiger partial charge in [0, 0.05) is 13.6 Å². The average Bonchev–Trinajstić information content (AvgIpc) is 2.42. The highest BCUT2D eigenvalue weighted by atomic mass is 32.2. The Morgan fingerprint density at radius 3 is 2.35 bits per heavy atom. The van der Waals surface area contributed by atoms with E-state index in [0.717, 1.165) is 5.56 Å². The van der Waals surface area contributed by atoms with Crippen LogP contribution in [0.25, 0.3) is 0 Å². The van der Waals surface area contributed by atoms with Crippen molar-refractivity contribution < 1.29 is 13.5 Å². The monoisotopic (exact) mass is 291 g/mol. The molecule has 0 heterocycles. The molecule has 5 heteroatoms. The minimum absolute atomic E-state index is 0.0923. The van der Waals surface area contributed by atoms with Gasteiger partial charge < -0.3 is 5.11 Å². The van der Waals surface area contributed by atoms with Crippen LogP contribution in [0.15, 0.2) is 53.4 Å². The molecule has 106 valence electrons. The van der Waals surface area contributed by atoms with Gasteiger partial charge in [0.25, 0.3) is 0 Å². The van der Waals surface area contributed by atoms with Gasteiger partial charge in [-0.25, -0.2) is 8.42 Å². The summed E-state index contributed by atoms with van der Waals surface area (Å²) in [5, 5.41) is 9.47. The van der Waals surface area contributed by atoms with Crippen LogP contribution < -0.4 is 0 Å². The molecule has 0 unspecified atom stereocenters. The summed E-state index contributed by atoms with van der Waals surface area (Å²) < 4.78 is 26.2. The van der Waals surface area contributed by atoms with Crippen molar-refractivity contribution in [2.75, 3.05) is 7.05 Å². The Labute approximate surface area is 119 Å². The molecule has 2 rings (SSSR count). The van der Waals surface area contributed by atoms with Crippen molar-refractivity contribution in [1.29, 1.82) is 0 Å². The number of benzene rings is 2. The summed E-state index contributed by atoms with van der Waals surface area (Å²) in [5.74, 6) is 0.0923. The molecule has 0 aliphatic carbocycles. The first-order valence-electron chi connectivity index (χ1n) is 6.21. The highest BCUT2D eigenvalue weighted by molar-refractivity contribution is 7.89. The molecule has 1 N–H and O–H groups in total. The molecule has 0 bridgehead atoms. The van der Waals surface area contributed by atoms with E-state index in [-0.39, 0.29) is 10.6 Å². The molecule has 20 heavy (non-hydrogen) atoms. The predicted octanol–water partition coefficient (Wildman–Crippen LogP) is 2.52. The fourth-order valence-corrected chi connectivity index (χ4v) is 3.14. The highest BCUT2D eigenvalue weighted by Crippen LogP contribution is 2.23. The number of hydrogen-bond donors (Lipinski definition) is 1. The predicted molar refractivity (Wildman–Crippen MR) is 77.9 cm³/mol. The second kappa shape index (κ2) is 5.64. The first-order valence-corrected chi connectivity index (χ1v) is 7.65. The first-order chi connectivity index (χ1) is 9.41. The van der Waals surface area contributed by atoms with Crippen LogP contribution in [0, 0.1) is 6.92 Å². The van der Waals surface area contributed by atoms with Crippen LogP contribution in [-0.2, 0) is 16.6 Å². The van der Waals surface area contributed by atoms with E-state index in [9.17, 15) is 13.5 Å². The van der Waals surface area contributed by atoms with Crippen LogP contribution in [0.5, 0.6) is 5.75 Å². The smallest absolute Gasteiger partial charge is 0.243 e. The van der Waals surface area contributed by atoms with E-state index in [1.807, 2.05) is 30.3 Å². The number of hydrogen-bond acceptors (Lipinski definition) is 3. The van der Waals surface area contributed by atoms with Crippen molar-refractivity contribution in [2.24, 2.45) is 0 Å². The molecule has 0 amide bonds. The van der Waals surface area contributed by atoms with Crippen molar-refractivity contribution in [3.05, 3.63) is 59.7 Å². The Morgan fingerprint density at radius 2 is 1.75 bits per heavy atom. The lowest BCUT2D eigenvalue weighted by molar-refractivity contribution is 0.463. The normalized spacial score (nSPS) is 11.8. The van der Waals surface area contributed by atoms with Crippen molar-refractivity contribution in [3.8, 4) is 5.75 Å². The summed E-state index contributed by atoms with van der Waals surface area (Å²) >= 11 is 0. The topological polar surface area (TPSA) is 57.6 Å². The number of phenols is 1. The van der Waals surface area contributed by atoms with Gasteiger partial charge in [0.2, 0.25) is 10.0 Å². The lowest BCUT2D eigenvalue weighted by atomic mass is 10.2. The molecular weight excluding hydrogens is 274 g/mol. The van der Waals surface area contributed by atoms with Gasteiger partial charge in [-0.05, 0) is 36.2 Å². The molecule has 0 saturated heterocycles. The number of phenolic OH excluding ortho intramolecular Hbond substituents is 1. The maximum absolute atomic E-state index is 12.4.